The van der Waals surface area contributed by atoms with Gasteiger partial charge in [0, 0.05) is 6.54 Å². The first-order valence-corrected chi connectivity index (χ1v) is 11.1. The zero-order valence-electron chi connectivity index (χ0n) is 18.0. The Morgan fingerprint density at radius 2 is 1.84 bits per heavy atom. The molecule has 1 saturated heterocycles. The van der Waals surface area contributed by atoms with Crippen molar-refractivity contribution < 1.29 is 29.0 Å². The molecule has 1 fully saturated rings. The maximum atomic E-state index is 12.6. The zero-order valence-corrected chi connectivity index (χ0v) is 18.8. The molecule has 0 radical (unpaired) electrons. The summed E-state index contributed by atoms with van der Waals surface area (Å²) >= 11 is 0.948. The number of nitrogens with zero attached hydrogens (tertiary/aromatic N) is 1. The molecule has 0 bridgehead atoms. The highest BCUT2D eigenvalue weighted by molar-refractivity contribution is 8.18. The van der Waals surface area contributed by atoms with Crippen LogP contribution in [-0.2, 0) is 11.4 Å². The van der Waals surface area contributed by atoms with Crippen LogP contribution in [0.3, 0.4) is 0 Å². The van der Waals surface area contributed by atoms with E-state index in [-0.39, 0.29) is 23.3 Å². The first-order chi connectivity index (χ1) is 15.4. The molecule has 2 aromatic carbocycles. The highest BCUT2D eigenvalue weighted by Crippen LogP contribution is 2.35. The maximum Gasteiger partial charge on any atom is 0.335 e. The fourth-order valence-corrected chi connectivity index (χ4v) is 4.03. The molecule has 1 aliphatic heterocycles. The van der Waals surface area contributed by atoms with Crippen molar-refractivity contribution in [3.8, 4) is 11.5 Å². The number of carboxylic acids is 1. The minimum Gasteiger partial charge on any atom is -0.493 e. The molecule has 2 amide bonds. The van der Waals surface area contributed by atoms with Crippen molar-refractivity contribution in [2.24, 2.45) is 0 Å². The molecule has 1 aliphatic rings. The molecule has 0 atom stereocenters. The number of rotatable bonds is 10. The predicted molar refractivity (Wildman–Crippen MR) is 123 cm³/mol. The SMILES string of the molecule is CCCCCN1C(=O)S/C(=C\c2ccc(OCc3ccc(C(=O)O)cc3)c(OC)c2)C1=O. The average molecular weight is 456 g/mol. The van der Waals surface area contributed by atoms with E-state index in [2.05, 4.69) is 6.92 Å². The van der Waals surface area contributed by atoms with Crippen LogP contribution in [0.4, 0.5) is 4.79 Å². The van der Waals surface area contributed by atoms with Gasteiger partial charge in [0.2, 0.25) is 0 Å². The molecule has 3 rings (SSSR count). The maximum absolute atomic E-state index is 12.6. The van der Waals surface area contributed by atoms with Gasteiger partial charge < -0.3 is 14.6 Å². The number of imide groups is 1. The highest BCUT2D eigenvalue weighted by atomic mass is 32.2. The van der Waals surface area contributed by atoms with Crippen LogP contribution in [0.1, 0.15) is 47.7 Å². The second kappa shape index (κ2) is 10.9. The summed E-state index contributed by atoms with van der Waals surface area (Å²) in [6, 6.07) is 11.7. The minimum atomic E-state index is -0.978. The van der Waals surface area contributed by atoms with Gasteiger partial charge in [0.05, 0.1) is 17.6 Å². The molecule has 168 valence electrons. The molecule has 1 heterocycles. The van der Waals surface area contributed by atoms with Gasteiger partial charge in [0.15, 0.2) is 11.5 Å². The predicted octanol–water partition coefficient (Wildman–Crippen LogP) is 5.20. The van der Waals surface area contributed by atoms with Crippen molar-refractivity contribution in [2.75, 3.05) is 13.7 Å². The summed E-state index contributed by atoms with van der Waals surface area (Å²) in [5.41, 5.74) is 1.75. The molecule has 1 N–H and O–H groups in total. The molecule has 7 nitrogen and oxygen atoms in total. The largest absolute Gasteiger partial charge is 0.493 e. The van der Waals surface area contributed by atoms with Crippen LogP contribution in [0.2, 0.25) is 0 Å². The van der Waals surface area contributed by atoms with Crippen molar-refractivity contribution >= 4 is 35.0 Å². The molecular weight excluding hydrogens is 430 g/mol. The van der Waals surface area contributed by atoms with E-state index in [1.165, 1.54) is 24.1 Å². The zero-order chi connectivity index (χ0) is 23.1. The number of hydrogen-bond acceptors (Lipinski definition) is 6. The Labute approximate surface area is 191 Å². The van der Waals surface area contributed by atoms with Crippen LogP contribution in [0.5, 0.6) is 11.5 Å². The molecule has 0 aliphatic carbocycles. The smallest absolute Gasteiger partial charge is 0.335 e. The van der Waals surface area contributed by atoms with Gasteiger partial charge in [-0.1, -0.05) is 38.0 Å². The van der Waals surface area contributed by atoms with Crippen molar-refractivity contribution in [2.45, 2.75) is 32.8 Å². The topological polar surface area (TPSA) is 93.1 Å². The lowest BCUT2D eigenvalue weighted by Gasteiger charge is -2.12. The highest BCUT2D eigenvalue weighted by Gasteiger charge is 2.34. The van der Waals surface area contributed by atoms with Crippen LogP contribution in [-0.4, -0.2) is 40.8 Å². The number of aromatic carboxylic acids is 1. The number of thioether (sulfide) groups is 1. The number of carbonyl (C=O) groups excluding carboxylic acids is 2. The van der Waals surface area contributed by atoms with Gasteiger partial charge in [-0.05, 0) is 59.7 Å². The van der Waals surface area contributed by atoms with Gasteiger partial charge in [-0.15, -0.1) is 0 Å². The molecule has 0 spiro atoms. The van der Waals surface area contributed by atoms with Gasteiger partial charge >= 0.3 is 5.97 Å². The Morgan fingerprint density at radius 1 is 1.09 bits per heavy atom. The third-order valence-electron chi connectivity index (χ3n) is 4.94. The summed E-state index contributed by atoms with van der Waals surface area (Å²) < 4.78 is 11.2. The number of benzene rings is 2. The number of methoxy groups -OCH3 is 1. The molecule has 0 unspecified atom stereocenters. The van der Waals surface area contributed by atoms with Gasteiger partial charge in [-0.25, -0.2) is 4.79 Å². The van der Waals surface area contributed by atoms with Crippen molar-refractivity contribution in [3.05, 3.63) is 64.1 Å². The standard InChI is InChI=1S/C24H25NO6S/c1-3-4-5-12-25-22(26)21(32-24(25)29)14-17-8-11-19(20(13-17)30-2)31-15-16-6-9-18(10-7-16)23(27)28/h6-11,13-14H,3-5,12,15H2,1-2H3,(H,27,28)/b21-14-. The van der Waals surface area contributed by atoms with E-state index in [9.17, 15) is 14.4 Å². The Morgan fingerprint density at radius 3 is 2.50 bits per heavy atom. The van der Waals surface area contributed by atoms with Crippen LogP contribution >= 0.6 is 11.8 Å². The summed E-state index contributed by atoms with van der Waals surface area (Å²) in [7, 11) is 1.52. The first-order valence-electron chi connectivity index (χ1n) is 10.3. The van der Waals surface area contributed by atoms with E-state index in [4.69, 9.17) is 14.6 Å². The van der Waals surface area contributed by atoms with Gasteiger partial charge in [0.25, 0.3) is 11.1 Å². The second-order valence-corrected chi connectivity index (χ2v) is 8.23. The number of unbranched alkanes of at least 4 members (excludes halogenated alkanes) is 2. The Hall–Kier alpha value is -3.26. The summed E-state index contributed by atoms with van der Waals surface area (Å²) in [5, 5.41) is 8.74. The monoisotopic (exact) mass is 455 g/mol. The van der Waals surface area contributed by atoms with E-state index >= 15 is 0 Å². The third-order valence-corrected chi connectivity index (χ3v) is 5.85. The van der Waals surface area contributed by atoms with Gasteiger partial charge in [0.1, 0.15) is 6.61 Å². The lowest BCUT2D eigenvalue weighted by Crippen LogP contribution is -2.29. The van der Waals surface area contributed by atoms with E-state index in [0.29, 0.717) is 22.9 Å². The average Bonchev–Trinajstić information content (AvgIpc) is 3.05. The third kappa shape index (κ3) is 5.70. The number of ether oxygens (including phenoxy) is 2. The number of carboxylic acid groups (broad SMARTS) is 1. The van der Waals surface area contributed by atoms with E-state index < -0.39 is 5.97 Å². The fraction of sp³-hybridized carbons (Fsp3) is 0.292. The minimum absolute atomic E-state index is 0.213. The lowest BCUT2D eigenvalue weighted by molar-refractivity contribution is -0.122. The number of carbonyl (C=O) groups is 3. The second-order valence-electron chi connectivity index (χ2n) is 7.24. The number of hydrogen-bond donors (Lipinski definition) is 1. The Bertz CT molecular complexity index is 1030. The van der Waals surface area contributed by atoms with Crippen LogP contribution in [0.15, 0.2) is 47.4 Å². The Kier molecular flexibility index (Phi) is 7.94. The van der Waals surface area contributed by atoms with Crippen LogP contribution in [0.25, 0.3) is 6.08 Å². The molecule has 0 saturated carbocycles. The summed E-state index contributed by atoms with van der Waals surface area (Å²) in [5.74, 6) is -0.239. The van der Waals surface area contributed by atoms with Crippen molar-refractivity contribution in [1.29, 1.82) is 0 Å². The molecule has 32 heavy (non-hydrogen) atoms. The van der Waals surface area contributed by atoms with E-state index in [1.807, 2.05) is 0 Å². The molecular formula is C24H25NO6S. The Balaban J connectivity index is 1.69. The fourth-order valence-electron chi connectivity index (χ4n) is 3.16. The van der Waals surface area contributed by atoms with Crippen LogP contribution < -0.4 is 9.47 Å². The summed E-state index contributed by atoms with van der Waals surface area (Å²) in [4.78, 5) is 37.4. The molecule has 0 aromatic heterocycles. The number of amides is 2. The van der Waals surface area contributed by atoms with Crippen molar-refractivity contribution in [3.63, 3.8) is 0 Å². The first kappa shape index (κ1) is 23.4. The van der Waals surface area contributed by atoms with Crippen LogP contribution in [0, 0.1) is 0 Å². The van der Waals surface area contributed by atoms with Gasteiger partial charge in [-0.3, -0.25) is 14.5 Å². The van der Waals surface area contributed by atoms with Gasteiger partial charge in [-0.2, -0.15) is 0 Å². The molecule has 2 aromatic rings. The van der Waals surface area contributed by atoms with Crippen molar-refractivity contribution in [1.82, 2.24) is 4.90 Å². The summed E-state index contributed by atoms with van der Waals surface area (Å²) in [6.45, 7) is 2.76. The quantitative estimate of drug-likeness (QED) is 0.389. The summed E-state index contributed by atoms with van der Waals surface area (Å²) in [6.07, 6.45) is 4.49. The van der Waals surface area contributed by atoms with E-state index in [1.54, 1.807) is 36.4 Å². The normalized spacial score (nSPS) is 14.8. The van der Waals surface area contributed by atoms with E-state index in [0.717, 1.165) is 42.2 Å². The molecule has 8 heteroatoms. The lowest BCUT2D eigenvalue weighted by atomic mass is 10.1.